The quantitative estimate of drug-likeness (QED) is 0.791. The van der Waals surface area contributed by atoms with E-state index in [2.05, 4.69) is 15.9 Å². The first-order valence-corrected chi connectivity index (χ1v) is 6.96. The van der Waals surface area contributed by atoms with Gasteiger partial charge in [0.25, 0.3) is 0 Å². The number of carbonyl (C=O) groups is 1. The van der Waals surface area contributed by atoms with Crippen LogP contribution in [0.3, 0.4) is 0 Å². The standard InChI is InChI=1S/C16H15BrO3/c1-11-10-12(17)8-9-14(11)15(16(18)19-2)20-13-6-4-3-5-7-13/h3-10,15H,1-2H3. The minimum Gasteiger partial charge on any atom is -0.474 e. The van der Waals surface area contributed by atoms with E-state index in [1.807, 2.05) is 55.5 Å². The summed E-state index contributed by atoms with van der Waals surface area (Å²) in [6.45, 7) is 1.93. The Labute approximate surface area is 126 Å². The fraction of sp³-hybridized carbons (Fsp3) is 0.188. The van der Waals surface area contributed by atoms with E-state index in [1.165, 1.54) is 7.11 Å². The van der Waals surface area contributed by atoms with Gasteiger partial charge in [-0.05, 0) is 36.8 Å². The lowest BCUT2D eigenvalue weighted by molar-refractivity contribution is -0.149. The Hall–Kier alpha value is -1.81. The van der Waals surface area contributed by atoms with Crippen molar-refractivity contribution in [1.82, 2.24) is 0 Å². The van der Waals surface area contributed by atoms with E-state index in [0.717, 1.165) is 15.6 Å². The minimum absolute atomic E-state index is 0.417. The summed E-state index contributed by atoms with van der Waals surface area (Å²) < 4.78 is 11.6. The Balaban J connectivity index is 2.35. The topological polar surface area (TPSA) is 35.5 Å². The smallest absolute Gasteiger partial charge is 0.351 e. The third-order valence-corrected chi connectivity index (χ3v) is 3.42. The zero-order valence-electron chi connectivity index (χ0n) is 11.3. The van der Waals surface area contributed by atoms with Crippen molar-refractivity contribution >= 4 is 21.9 Å². The number of halogens is 1. The highest BCUT2D eigenvalue weighted by Crippen LogP contribution is 2.27. The molecule has 0 spiro atoms. The van der Waals surface area contributed by atoms with Gasteiger partial charge in [0, 0.05) is 10.0 Å². The number of ether oxygens (including phenoxy) is 2. The van der Waals surface area contributed by atoms with Crippen LogP contribution in [0.4, 0.5) is 0 Å². The lowest BCUT2D eigenvalue weighted by Gasteiger charge is -2.19. The molecule has 0 aromatic heterocycles. The molecule has 0 saturated carbocycles. The molecule has 2 rings (SSSR count). The molecule has 1 atom stereocenters. The van der Waals surface area contributed by atoms with E-state index in [0.29, 0.717) is 5.75 Å². The van der Waals surface area contributed by atoms with Crippen LogP contribution < -0.4 is 4.74 Å². The van der Waals surface area contributed by atoms with Gasteiger partial charge in [-0.25, -0.2) is 4.79 Å². The molecule has 0 heterocycles. The van der Waals surface area contributed by atoms with E-state index in [4.69, 9.17) is 9.47 Å². The fourth-order valence-electron chi connectivity index (χ4n) is 1.91. The summed E-state index contributed by atoms with van der Waals surface area (Å²) in [6, 6.07) is 14.9. The Kier molecular flexibility index (Phi) is 4.79. The molecule has 0 bridgehead atoms. The van der Waals surface area contributed by atoms with Crippen molar-refractivity contribution in [1.29, 1.82) is 0 Å². The number of para-hydroxylation sites is 1. The lowest BCUT2D eigenvalue weighted by Crippen LogP contribution is -2.21. The van der Waals surface area contributed by atoms with Crippen LogP contribution in [0.15, 0.2) is 53.0 Å². The number of hydrogen-bond acceptors (Lipinski definition) is 3. The third-order valence-electron chi connectivity index (χ3n) is 2.93. The van der Waals surface area contributed by atoms with Crippen LogP contribution in [0, 0.1) is 6.92 Å². The number of benzene rings is 2. The molecule has 2 aromatic rings. The van der Waals surface area contributed by atoms with Gasteiger partial charge >= 0.3 is 5.97 Å². The molecule has 0 aliphatic rings. The van der Waals surface area contributed by atoms with Crippen molar-refractivity contribution in [3.63, 3.8) is 0 Å². The molecule has 3 nitrogen and oxygen atoms in total. The SMILES string of the molecule is COC(=O)C(Oc1ccccc1)c1ccc(Br)cc1C. The molecule has 2 aromatic carbocycles. The summed E-state index contributed by atoms with van der Waals surface area (Å²) in [5.74, 6) is 0.212. The van der Waals surface area contributed by atoms with Crippen LogP contribution in [0.2, 0.25) is 0 Å². The van der Waals surface area contributed by atoms with E-state index in [1.54, 1.807) is 0 Å². The zero-order valence-corrected chi connectivity index (χ0v) is 12.9. The van der Waals surface area contributed by atoms with Gasteiger partial charge in [-0.1, -0.05) is 40.2 Å². The Morgan fingerprint density at radius 2 is 1.85 bits per heavy atom. The molecule has 0 N–H and O–H groups in total. The van der Waals surface area contributed by atoms with Crippen molar-refractivity contribution in [3.05, 3.63) is 64.1 Å². The summed E-state index contributed by atoms with van der Waals surface area (Å²) >= 11 is 3.41. The predicted molar refractivity (Wildman–Crippen MR) is 80.7 cm³/mol. The van der Waals surface area contributed by atoms with Crippen molar-refractivity contribution in [3.8, 4) is 5.75 Å². The number of esters is 1. The Morgan fingerprint density at radius 3 is 2.45 bits per heavy atom. The molecular weight excluding hydrogens is 320 g/mol. The van der Waals surface area contributed by atoms with Crippen molar-refractivity contribution < 1.29 is 14.3 Å². The second kappa shape index (κ2) is 6.57. The molecule has 0 aliphatic carbocycles. The maximum atomic E-state index is 12.0. The molecular formula is C16H15BrO3. The number of methoxy groups -OCH3 is 1. The molecule has 20 heavy (non-hydrogen) atoms. The average Bonchev–Trinajstić information content (AvgIpc) is 2.46. The Bertz CT molecular complexity index is 596. The van der Waals surface area contributed by atoms with Gasteiger partial charge in [0.15, 0.2) is 0 Å². The van der Waals surface area contributed by atoms with Crippen molar-refractivity contribution in [2.24, 2.45) is 0 Å². The zero-order chi connectivity index (χ0) is 14.5. The first-order valence-electron chi connectivity index (χ1n) is 6.17. The van der Waals surface area contributed by atoms with Gasteiger partial charge in [-0.15, -0.1) is 0 Å². The number of aryl methyl sites for hydroxylation is 1. The van der Waals surface area contributed by atoms with Gasteiger partial charge in [0.2, 0.25) is 6.10 Å². The second-order valence-electron chi connectivity index (χ2n) is 4.34. The lowest BCUT2D eigenvalue weighted by atomic mass is 10.0. The highest BCUT2D eigenvalue weighted by molar-refractivity contribution is 9.10. The van der Waals surface area contributed by atoms with E-state index in [-0.39, 0.29) is 0 Å². The van der Waals surface area contributed by atoms with Crippen LogP contribution in [-0.4, -0.2) is 13.1 Å². The normalized spacial score (nSPS) is 11.8. The maximum absolute atomic E-state index is 12.0. The molecule has 0 saturated heterocycles. The van der Waals surface area contributed by atoms with Crippen LogP contribution in [0.5, 0.6) is 5.75 Å². The minimum atomic E-state index is -0.768. The number of rotatable bonds is 4. The van der Waals surface area contributed by atoms with E-state index < -0.39 is 12.1 Å². The largest absolute Gasteiger partial charge is 0.474 e. The monoisotopic (exact) mass is 334 g/mol. The molecule has 0 aliphatic heterocycles. The molecule has 0 amide bonds. The van der Waals surface area contributed by atoms with Crippen LogP contribution >= 0.6 is 15.9 Å². The maximum Gasteiger partial charge on any atom is 0.351 e. The highest BCUT2D eigenvalue weighted by atomic mass is 79.9. The van der Waals surface area contributed by atoms with Crippen LogP contribution in [0.1, 0.15) is 17.2 Å². The van der Waals surface area contributed by atoms with E-state index in [9.17, 15) is 4.79 Å². The average molecular weight is 335 g/mol. The molecule has 1 unspecified atom stereocenters. The Morgan fingerprint density at radius 1 is 1.15 bits per heavy atom. The molecule has 4 heteroatoms. The highest BCUT2D eigenvalue weighted by Gasteiger charge is 2.25. The van der Waals surface area contributed by atoms with Gasteiger partial charge in [-0.3, -0.25) is 0 Å². The number of hydrogen-bond donors (Lipinski definition) is 0. The van der Waals surface area contributed by atoms with Crippen LogP contribution in [-0.2, 0) is 9.53 Å². The fourth-order valence-corrected chi connectivity index (χ4v) is 2.39. The second-order valence-corrected chi connectivity index (χ2v) is 5.25. The summed E-state index contributed by atoms with van der Waals surface area (Å²) in [6.07, 6.45) is -0.768. The summed E-state index contributed by atoms with van der Waals surface area (Å²) in [4.78, 5) is 12.0. The molecule has 0 fully saturated rings. The predicted octanol–water partition coefficient (Wildman–Crippen LogP) is 4.05. The van der Waals surface area contributed by atoms with E-state index >= 15 is 0 Å². The summed E-state index contributed by atoms with van der Waals surface area (Å²) in [5.41, 5.74) is 1.76. The van der Waals surface area contributed by atoms with Gasteiger partial charge in [0.1, 0.15) is 5.75 Å². The van der Waals surface area contributed by atoms with Gasteiger partial charge in [-0.2, -0.15) is 0 Å². The number of carbonyl (C=O) groups excluding carboxylic acids is 1. The first kappa shape index (κ1) is 14.6. The third kappa shape index (κ3) is 3.39. The van der Waals surface area contributed by atoms with Crippen molar-refractivity contribution in [2.75, 3.05) is 7.11 Å². The van der Waals surface area contributed by atoms with Crippen molar-refractivity contribution in [2.45, 2.75) is 13.0 Å². The molecule has 0 radical (unpaired) electrons. The summed E-state index contributed by atoms with van der Waals surface area (Å²) in [5, 5.41) is 0. The summed E-state index contributed by atoms with van der Waals surface area (Å²) in [7, 11) is 1.36. The van der Waals surface area contributed by atoms with Gasteiger partial charge in [0.05, 0.1) is 7.11 Å². The molecule has 104 valence electrons. The van der Waals surface area contributed by atoms with Crippen LogP contribution in [0.25, 0.3) is 0 Å². The van der Waals surface area contributed by atoms with Gasteiger partial charge < -0.3 is 9.47 Å². The first-order chi connectivity index (χ1) is 9.61.